The topological polar surface area (TPSA) is 190 Å². The van der Waals surface area contributed by atoms with Gasteiger partial charge in [-0.25, -0.2) is 4.99 Å². The van der Waals surface area contributed by atoms with Crippen LogP contribution in [0.15, 0.2) is 46.3 Å². The minimum atomic E-state index is -1.25. The number of anilines is 2. The fourth-order valence-electron chi connectivity index (χ4n) is 4.58. The second-order valence-electron chi connectivity index (χ2n) is 10.2. The molecule has 0 saturated carbocycles. The van der Waals surface area contributed by atoms with Gasteiger partial charge in [-0.15, -0.1) is 11.8 Å². The van der Waals surface area contributed by atoms with Crippen LogP contribution in [0, 0.1) is 0 Å². The quantitative estimate of drug-likeness (QED) is 0.198. The van der Waals surface area contributed by atoms with E-state index < -0.39 is 42.4 Å². The van der Waals surface area contributed by atoms with E-state index in [1.54, 1.807) is 12.1 Å². The Bertz CT molecular complexity index is 1420. The van der Waals surface area contributed by atoms with E-state index in [-0.39, 0.29) is 18.6 Å². The lowest BCUT2D eigenvalue weighted by Crippen LogP contribution is -2.53. The number of amidine groups is 1. The number of carboxylic acid groups (broad SMARTS) is 2. The van der Waals surface area contributed by atoms with Crippen molar-refractivity contribution in [2.45, 2.75) is 29.8 Å². The number of aliphatic imine (C=N–C) groups is 1. The van der Waals surface area contributed by atoms with E-state index in [9.17, 15) is 19.2 Å². The number of benzene rings is 2. The molecule has 0 aliphatic carbocycles. The highest BCUT2D eigenvalue weighted by Gasteiger charge is 2.28. The Hall–Kier alpha value is -3.85. The Morgan fingerprint density at radius 1 is 1.09 bits per heavy atom. The highest BCUT2D eigenvalue weighted by Crippen LogP contribution is 2.43. The highest BCUT2D eigenvalue weighted by molar-refractivity contribution is 7.99. The molecule has 1 fully saturated rings. The number of likely N-dealkylation sites (N-methyl/N-ethyl adjacent to an activating group) is 1. The number of carbonyl (C=O) groups is 4. The van der Waals surface area contributed by atoms with Gasteiger partial charge in [0.05, 0.1) is 17.4 Å². The van der Waals surface area contributed by atoms with Crippen LogP contribution in [0.5, 0.6) is 0 Å². The van der Waals surface area contributed by atoms with Gasteiger partial charge in [0.1, 0.15) is 18.4 Å². The number of halogens is 1. The molecule has 0 unspecified atom stereocenters. The summed E-state index contributed by atoms with van der Waals surface area (Å²) in [4.78, 5) is 57.8. The predicted molar refractivity (Wildman–Crippen MR) is 165 cm³/mol. The van der Waals surface area contributed by atoms with Gasteiger partial charge < -0.3 is 41.7 Å². The van der Waals surface area contributed by atoms with Crippen molar-refractivity contribution in [2.75, 3.05) is 50.8 Å². The molecule has 2 aliphatic heterocycles. The first-order valence-electron chi connectivity index (χ1n) is 13.6. The third-order valence-electron chi connectivity index (χ3n) is 6.96. The summed E-state index contributed by atoms with van der Waals surface area (Å²) in [6, 6.07) is 8.98. The Morgan fingerprint density at radius 3 is 2.51 bits per heavy atom. The van der Waals surface area contributed by atoms with Gasteiger partial charge in [-0.3, -0.25) is 19.2 Å². The number of amides is 2. The maximum Gasteiger partial charge on any atom is 0.322 e. The number of rotatable bonds is 11. The van der Waals surface area contributed by atoms with Crippen LogP contribution in [0.1, 0.15) is 18.4 Å². The van der Waals surface area contributed by atoms with E-state index in [1.165, 1.54) is 11.8 Å². The van der Waals surface area contributed by atoms with E-state index >= 15 is 0 Å². The summed E-state index contributed by atoms with van der Waals surface area (Å²) in [5.41, 5.74) is 8.89. The zero-order chi connectivity index (χ0) is 31.1. The maximum atomic E-state index is 12.9. The Labute approximate surface area is 257 Å². The van der Waals surface area contributed by atoms with Crippen LogP contribution < -0.4 is 21.7 Å². The van der Waals surface area contributed by atoms with Crippen molar-refractivity contribution < 1.29 is 29.4 Å². The second kappa shape index (κ2) is 14.6. The standard InChI is InChI=1S/C28H34ClN7O6S/c1-35-8-10-36(11-9-35)26-17-4-2-3-5-19(17)32-25-20(33-26)12-16(29)13-22(25)43-15-21(28(42)31-14-24(39)40)34-27(41)18(30)6-7-23(37)38/h2-5,12-13,18,21,32H,6-11,14-15,30H2,1H3,(H,31,42)(H,34,41)(H,37,38)(H,39,40)/t18-,21-/m0/s1. The van der Waals surface area contributed by atoms with Gasteiger partial charge in [-0.2, -0.15) is 0 Å². The lowest BCUT2D eigenvalue weighted by Gasteiger charge is -2.34. The molecule has 2 aromatic carbocycles. The summed E-state index contributed by atoms with van der Waals surface area (Å²) in [6.07, 6.45) is -0.450. The average molecular weight is 632 g/mol. The first-order chi connectivity index (χ1) is 20.5. The van der Waals surface area contributed by atoms with Crippen molar-refractivity contribution >= 4 is 70.0 Å². The first-order valence-corrected chi connectivity index (χ1v) is 15.0. The third kappa shape index (κ3) is 8.60. The van der Waals surface area contributed by atoms with Crippen molar-refractivity contribution in [3.63, 3.8) is 0 Å². The number of nitrogens with zero attached hydrogens (tertiary/aromatic N) is 3. The minimum Gasteiger partial charge on any atom is -0.481 e. The molecule has 2 heterocycles. The number of fused-ring (bicyclic) bond motifs is 2. The Kier molecular flexibility index (Phi) is 10.9. The zero-order valence-electron chi connectivity index (χ0n) is 23.5. The molecule has 0 aromatic heterocycles. The van der Waals surface area contributed by atoms with Crippen LogP contribution >= 0.6 is 23.4 Å². The third-order valence-corrected chi connectivity index (χ3v) is 8.31. The van der Waals surface area contributed by atoms with Crippen molar-refractivity contribution in [1.82, 2.24) is 20.4 Å². The van der Waals surface area contributed by atoms with Crippen LogP contribution in [0.3, 0.4) is 0 Å². The van der Waals surface area contributed by atoms with Crippen molar-refractivity contribution in [3.8, 4) is 0 Å². The van der Waals surface area contributed by atoms with Gasteiger partial charge in [0.25, 0.3) is 0 Å². The van der Waals surface area contributed by atoms with Crippen molar-refractivity contribution in [2.24, 2.45) is 10.7 Å². The summed E-state index contributed by atoms with van der Waals surface area (Å²) >= 11 is 7.76. The molecule has 2 aliphatic rings. The molecule has 0 spiro atoms. The number of para-hydroxylation sites is 1. The van der Waals surface area contributed by atoms with Crippen LogP contribution in [-0.2, 0) is 19.2 Å². The number of hydrogen-bond donors (Lipinski definition) is 6. The summed E-state index contributed by atoms with van der Waals surface area (Å²) < 4.78 is 0. The maximum absolute atomic E-state index is 12.9. The summed E-state index contributed by atoms with van der Waals surface area (Å²) in [6.45, 7) is 2.77. The second-order valence-corrected chi connectivity index (χ2v) is 11.7. The Morgan fingerprint density at radius 2 is 1.81 bits per heavy atom. The number of aliphatic carboxylic acids is 2. The molecular weight excluding hydrogens is 598 g/mol. The smallest absolute Gasteiger partial charge is 0.322 e. The van der Waals surface area contributed by atoms with E-state index in [2.05, 4.69) is 32.8 Å². The number of hydrogen-bond acceptors (Lipinski definition) is 10. The van der Waals surface area contributed by atoms with E-state index in [4.69, 9.17) is 32.5 Å². The molecule has 2 amide bonds. The predicted octanol–water partition coefficient (Wildman–Crippen LogP) is 1.69. The van der Waals surface area contributed by atoms with Gasteiger partial charge >= 0.3 is 11.9 Å². The number of carbonyl (C=O) groups excluding carboxylic acids is 2. The number of carboxylic acids is 2. The van der Waals surface area contributed by atoms with Crippen molar-refractivity contribution in [1.29, 1.82) is 0 Å². The lowest BCUT2D eigenvalue weighted by atomic mass is 10.1. The molecular formula is C28H34ClN7O6S. The average Bonchev–Trinajstić information content (AvgIpc) is 3.13. The Balaban J connectivity index is 1.62. The minimum absolute atomic E-state index is 0.00597. The molecule has 2 atom stereocenters. The molecule has 15 heteroatoms. The molecule has 7 N–H and O–H groups in total. The van der Waals surface area contributed by atoms with Crippen LogP contribution in [0.2, 0.25) is 5.02 Å². The van der Waals surface area contributed by atoms with Crippen LogP contribution in [0.4, 0.5) is 17.1 Å². The SMILES string of the molecule is CN1CCN(C2=Nc3cc(Cl)cc(SC[C@H](NC(=O)[C@@H](N)CCC(=O)O)C(=O)NCC(=O)O)c3Nc3ccccc32)CC1. The summed E-state index contributed by atoms with van der Waals surface area (Å²) in [5.74, 6) is -2.99. The van der Waals surface area contributed by atoms with E-state index in [1.807, 2.05) is 24.3 Å². The molecule has 13 nitrogen and oxygen atoms in total. The number of thioether (sulfide) groups is 1. The van der Waals surface area contributed by atoms with Gasteiger partial charge in [0.15, 0.2) is 0 Å². The number of nitrogens with two attached hydrogens (primary N) is 1. The molecule has 230 valence electrons. The van der Waals surface area contributed by atoms with Crippen LogP contribution in [0.25, 0.3) is 0 Å². The fraction of sp³-hybridized carbons (Fsp3) is 0.393. The fourth-order valence-corrected chi connectivity index (χ4v) is 5.95. The molecule has 43 heavy (non-hydrogen) atoms. The van der Waals surface area contributed by atoms with Gasteiger partial charge in [0.2, 0.25) is 11.8 Å². The number of nitrogens with one attached hydrogen (secondary N) is 3. The van der Waals surface area contributed by atoms with Gasteiger partial charge in [-0.05, 0) is 37.7 Å². The normalized spacial score (nSPS) is 16.0. The first kappa shape index (κ1) is 32.1. The van der Waals surface area contributed by atoms with Crippen molar-refractivity contribution in [3.05, 3.63) is 47.0 Å². The van der Waals surface area contributed by atoms with Gasteiger partial charge in [-0.1, -0.05) is 23.7 Å². The largest absolute Gasteiger partial charge is 0.481 e. The summed E-state index contributed by atoms with van der Waals surface area (Å²) in [7, 11) is 2.09. The lowest BCUT2D eigenvalue weighted by molar-refractivity contribution is -0.138. The molecule has 4 rings (SSSR count). The van der Waals surface area contributed by atoms with Gasteiger partial charge in [0, 0.05) is 59.5 Å². The van der Waals surface area contributed by atoms with E-state index in [0.29, 0.717) is 21.3 Å². The van der Waals surface area contributed by atoms with Crippen LogP contribution in [-0.4, -0.2) is 107 Å². The monoisotopic (exact) mass is 631 g/mol. The molecule has 0 bridgehead atoms. The highest BCUT2D eigenvalue weighted by atomic mass is 35.5. The molecule has 1 saturated heterocycles. The molecule has 2 aromatic rings. The molecule has 0 radical (unpaired) electrons. The number of piperazine rings is 1. The summed E-state index contributed by atoms with van der Waals surface area (Å²) in [5, 5.41) is 26.6. The van der Waals surface area contributed by atoms with E-state index in [0.717, 1.165) is 43.3 Å². The zero-order valence-corrected chi connectivity index (χ0v) is 25.1.